The van der Waals surface area contributed by atoms with Gasteiger partial charge in [0.25, 0.3) is 0 Å². The summed E-state index contributed by atoms with van der Waals surface area (Å²) < 4.78 is 2.02. The number of aromatic nitrogens is 2. The van der Waals surface area contributed by atoms with Gasteiger partial charge < -0.3 is 10.4 Å². The number of nitrogens with one attached hydrogen (secondary N) is 1. The minimum absolute atomic E-state index is 0.510. The Hall–Kier alpha value is -0.870. The van der Waals surface area contributed by atoms with Crippen molar-refractivity contribution in [1.82, 2.24) is 15.1 Å². The van der Waals surface area contributed by atoms with Crippen molar-refractivity contribution >= 4 is 0 Å². The van der Waals surface area contributed by atoms with Crippen LogP contribution in [0.1, 0.15) is 50.9 Å². The molecule has 0 amide bonds. The standard InChI is InChI=1S/C15H27N3O/c1-4-18-14(8-13(3)17-18)10-16-11-15(19)7-5-6-12(2)9-15/h8,12,16,19H,4-7,9-11H2,1-3H3. The van der Waals surface area contributed by atoms with Crippen LogP contribution in [0.15, 0.2) is 6.07 Å². The van der Waals surface area contributed by atoms with Crippen LogP contribution in [0.25, 0.3) is 0 Å². The van der Waals surface area contributed by atoms with Gasteiger partial charge in [-0.15, -0.1) is 0 Å². The minimum atomic E-state index is -0.510. The van der Waals surface area contributed by atoms with E-state index in [0.717, 1.165) is 38.0 Å². The van der Waals surface area contributed by atoms with Crippen molar-refractivity contribution in [3.05, 3.63) is 17.5 Å². The Kier molecular flexibility index (Phi) is 4.63. The first-order valence-electron chi connectivity index (χ1n) is 7.49. The number of aryl methyl sites for hydroxylation is 2. The van der Waals surface area contributed by atoms with E-state index in [2.05, 4.69) is 30.3 Å². The van der Waals surface area contributed by atoms with Crippen LogP contribution in [0.3, 0.4) is 0 Å². The zero-order chi connectivity index (χ0) is 13.9. The molecule has 1 aliphatic rings. The first kappa shape index (κ1) is 14.5. The van der Waals surface area contributed by atoms with Crippen molar-refractivity contribution in [3.8, 4) is 0 Å². The molecule has 1 heterocycles. The van der Waals surface area contributed by atoms with E-state index in [-0.39, 0.29) is 0 Å². The van der Waals surface area contributed by atoms with Gasteiger partial charge in [-0.3, -0.25) is 4.68 Å². The summed E-state index contributed by atoms with van der Waals surface area (Å²) in [6.07, 6.45) is 4.25. The van der Waals surface area contributed by atoms with Gasteiger partial charge in [-0.05, 0) is 38.7 Å². The maximum absolute atomic E-state index is 10.6. The third kappa shape index (κ3) is 3.80. The molecule has 0 radical (unpaired) electrons. The summed E-state index contributed by atoms with van der Waals surface area (Å²) in [5.41, 5.74) is 1.75. The third-order valence-electron chi connectivity index (χ3n) is 4.11. The van der Waals surface area contributed by atoms with Gasteiger partial charge in [0.05, 0.1) is 17.0 Å². The van der Waals surface area contributed by atoms with E-state index in [1.165, 1.54) is 12.1 Å². The van der Waals surface area contributed by atoms with Crippen LogP contribution in [0.2, 0.25) is 0 Å². The van der Waals surface area contributed by atoms with Crippen LogP contribution in [-0.2, 0) is 13.1 Å². The van der Waals surface area contributed by atoms with Crippen molar-refractivity contribution in [2.45, 2.75) is 65.1 Å². The number of nitrogens with zero attached hydrogens (tertiary/aromatic N) is 2. The van der Waals surface area contributed by atoms with E-state index in [0.29, 0.717) is 12.5 Å². The predicted molar refractivity (Wildman–Crippen MR) is 76.9 cm³/mol. The summed E-state index contributed by atoms with van der Waals surface area (Å²) in [7, 11) is 0. The van der Waals surface area contributed by atoms with Crippen molar-refractivity contribution < 1.29 is 5.11 Å². The quantitative estimate of drug-likeness (QED) is 0.858. The van der Waals surface area contributed by atoms with E-state index in [4.69, 9.17) is 0 Å². The van der Waals surface area contributed by atoms with Gasteiger partial charge in [0.15, 0.2) is 0 Å². The number of hydrogen-bond donors (Lipinski definition) is 2. The van der Waals surface area contributed by atoms with E-state index < -0.39 is 5.60 Å². The zero-order valence-corrected chi connectivity index (χ0v) is 12.4. The summed E-state index contributed by atoms with van der Waals surface area (Å²) in [6.45, 7) is 8.72. The Morgan fingerprint density at radius 1 is 1.58 bits per heavy atom. The molecule has 4 heteroatoms. The molecule has 1 saturated carbocycles. The highest BCUT2D eigenvalue weighted by atomic mass is 16.3. The van der Waals surface area contributed by atoms with Gasteiger partial charge in [0, 0.05) is 19.6 Å². The monoisotopic (exact) mass is 265 g/mol. The van der Waals surface area contributed by atoms with Gasteiger partial charge in [-0.2, -0.15) is 5.10 Å². The maximum atomic E-state index is 10.6. The molecular weight excluding hydrogens is 238 g/mol. The SMILES string of the molecule is CCn1nc(C)cc1CNCC1(O)CCCC(C)C1. The van der Waals surface area contributed by atoms with Gasteiger partial charge in [-0.1, -0.05) is 19.8 Å². The van der Waals surface area contributed by atoms with Crippen LogP contribution in [0.4, 0.5) is 0 Å². The molecule has 2 N–H and O–H groups in total. The molecule has 2 atom stereocenters. The Morgan fingerprint density at radius 2 is 2.37 bits per heavy atom. The molecule has 0 aromatic carbocycles. The molecule has 1 aliphatic carbocycles. The second-order valence-electron chi connectivity index (χ2n) is 6.12. The summed E-state index contributed by atoms with van der Waals surface area (Å²) in [5.74, 6) is 0.643. The molecule has 2 rings (SSSR count). The van der Waals surface area contributed by atoms with Crippen molar-refractivity contribution in [1.29, 1.82) is 0 Å². The van der Waals surface area contributed by atoms with Crippen LogP contribution in [-0.4, -0.2) is 27.0 Å². The molecule has 0 bridgehead atoms. The molecule has 1 aromatic heterocycles. The Labute approximate surface area is 116 Å². The van der Waals surface area contributed by atoms with Crippen molar-refractivity contribution in [2.24, 2.45) is 5.92 Å². The molecule has 0 spiro atoms. The molecule has 0 saturated heterocycles. The zero-order valence-electron chi connectivity index (χ0n) is 12.4. The molecule has 0 aliphatic heterocycles. The smallest absolute Gasteiger partial charge is 0.0774 e. The molecule has 1 fully saturated rings. The normalized spacial score (nSPS) is 27.7. The number of rotatable bonds is 5. The lowest BCUT2D eigenvalue weighted by Crippen LogP contribution is -2.44. The van der Waals surface area contributed by atoms with Gasteiger partial charge >= 0.3 is 0 Å². The van der Waals surface area contributed by atoms with E-state index in [1.807, 2.05) is 11.6 Å². The summed E-state index contributed by atoms with van der Waals surface area (Å²) >= 11 is 0. The van der Waals surface area contributed by atoms with Gasteiger partial charge in [0.1, 0.15) is 0 Å². The van der Waals surface area contributed by atoms with Crippen LogP contribution in [0.5, 0.6) is 0 Å². The Balaban J connectivity index is 1.85. The van der Waals surface area contributed by atoms with Gasteiger partial charge in [-0.25, -0.2) is 0 Å². The highest BCUT2D eigenvalue weighted by molar-refractivity contribution is 5.08. The van der Waals surface area contributed by atoms with E-state index >= 15 is 0 Å². The van der Waals surface area contributed by atoms with Crippen LogP contribution < -0.4 is 5.32 Å². The van der Waals surface area contributed by atoms with Gasteiger partial charge in [0.2, 0.25) is 0 Å². The first-order chi connectivity index (χ1) is 9.02. The molecule has 1 aromatic rings. The highest BCUT2D eigenvalue weighted by Gasteiger charge is 2.32. The second-order valence-corrected chi connectivity index (χ2v) is 6.12. The molecule has 19 heavy (non-hydrogen) atoms. The Morgan fingerprint density at radius 3 is 3.05 bits per heavy atom. The lowest BCUT2D eigenvalue weighted by atomic mass is 9.79. The Bertz CT molecular complexity index is 416. The maximum Gasteiger partial charge on any atom is 0.0774 e. The van der Waals surface area contributed by atoms with Crippen molar-refractivity contribution in [3.63, 3.8) is 0 Å². The molecule has 2 unspecified atom stereocenters. The summed E-state index contributed by atoms with van der Waals surface area (Å²) in [6, 6.07) is 2.12. The average molecular weight is 265 g/mol. The van der Waals surface area contributed by atoms with Crippen LogP contribution in [0, 0.1) is 12.8 Å². The van der Waals surface area contributed by atoms with E-state index in [9.17, 15) is 5.11 Å². The fourth-order valence-corrected chi connectivity index (χ4v) is 3.23. The van der Waals surface area contributed by atoms with Crippen LogP contribution >= 0.6 is 0 Å². The first-order valence-corrected chi connectivity index (χ1v) is 7.49. The largest absolute Gasteiger partial charge is 0.389 e. The number of hydrogen-bond acceptors (Lipinski definition) is 3. The second kappa shape index (κ2) is 6.06. The minimum Gasteiger partial charge on any atom is -0.389 e. The summed E-state index contributed by atoms with van der Waals surface area (Å²) in [5, 5.41) is 18.4. The van der Waals surface area contributed by atoms with E-state index in [1.54, 1.807) is 0 Å². The highest BCUT2D eigenvalue weighted by Crippen LogP contribution is 2.31. The molecular formula is C15H27N3O. The van der Waals surface area contributed by atoms with Crippen molar-refractivity contribution in [2.75, 3.05) is 6.54 Å². The summed E-state index contributed by atoms with van der Waals surface area (Å²) in [4.78, 5) is 0. The fraction of sp³-hybridized carbons (Fsp3) is 0.800. The predicted octanol–water partition coefficient (Wildman–Crippen LogP) is 2.24. The topological polar surface area (TPSA) is 50.1 Å². The lowest BCUT2D eigenvalue weighted by molar-refractivity contribution is -0.0120. The molecule has 4 nitrogen and oxygen atoms in total. The molecule has 108 valence electrons. The fourth-order valence-electron chi connectivity index (χ4n) is 3.23. The third-order valence-corrected chi connectivity index (χ3v) is 4.11. The average Bonchev–Trinajstić information content (AvgIpc) is 2.69. The number of aliphatic hydroxyl groups is 1. The lowest BCUT2D eigenvalue weighted by Gasteiger charge is -2.35.